The Morgan fingerprint density at radius 1 is 1.26 bits per heavy atom. The Morgan fingerprint density at radius 2 is 2.00 bits per heavy atom. The van der Waals surface area contributed by atoms with Gasteiger partial charge in [-0.25, -0.2) is 4.79 Å². The van der Waals surface area contributed by atoms with Crippen molar-refractivity contribution in [1.29, 1.82) is 0 Å². The summed E-state index contributed by atoms with van der Waals surface area (Å²) in [5, 5.41) is 3.10. The van der Waals surface area contributed by atoms with E-state index < -0.39 is 6.09 Å². The van der Waals surface area contributed by atoms with E-state index >= 15 is 0 Å². The quantitative estimate of drug-likeness (QED) is 0.669. The smallest absolute Gasteiger partial charge is 0.408 e. The van der Waals surface area contributed by atoms with Crippen LogP contribution >= 0.6 is 11.6 Å². The van der Waals surface area contributed by atoms with Crippen LogP contribution in [0.1, 0.15) is 16.7 Å². The molecule has 2 aromatic carbocycles. The molecule has 5 heteroatoms. The van der Waals surface area contributed by atoms with E-state index in [1.807, 2.05) is 37.3 Å². The van der Waals surface area contributed by atoms with Crippen molar-refractivity contribution in [3.05, 3.63) is 64.2 Å². The highest BCUT2D eigenvalue weighted by Gasteiger charge is 2.04. The Kier molecular flexibility index (Phi) is 5.90. The highest BCUT2D eigenvalue weighted by atomic mass is 35.5. The molecule has 2 rings (SSSR count). The number of amides is 1. The van der Waals surface area contributed by atoms with Crippen LogP contribution < -0.4 is 11.1 Å². The van der Waals surface area contributed by atoms with E-state index in [2.05, 4.69) is 17.2 Å². The zero-order chi connectivity index (χ0) is 16.7. The molecule has 0 radical (unpaired) electrons. The molecule has 1 amide bonds. The Balaban J connectivity index is 1.81. The molecule has 3 N–H and O–H groups in total. The number of anilines is 1. The van der Waals surface area contributed by atoms with E-state index in [-0.39, 0.29) is 13.2 Å². The fraction of sp³-hybridized carbons (Fsp3) is 0.167. The van der Waals surface area contributed by atoms with Crippen molar-refractivity contribution >= 4 is 23.4 Å². The van der Waals surface area contributed by atoms with Crippen LogP contribution in [0.15, 0.2) is 42.5 Å². The highest BCUT2D eigenvalue weighted by molar-refractivity contribution is 6.32. The number of nitrogen functional groups attached to an aromatic ring is 1. The van der Waals surface area contributed by atoms with Gasteiger partial charge < -0.3 is 15.8 Å². The van der Waals surface area contributed by atoms with Gasteiger partial charge in [-0.2, -0.15) is 0 Å². The number of hydrogen-bond donors (Lipinski definition) is 2. The van der Waals surface area contributed by atoms with Crippen LogP contribution in [0.4, 0.5) is 10.5 Å². The molecular weight excluding hydrogens is 312 g/mol. The van der Waals surface area contributed by atoms with Crippen molar-refractivity contribution in [2.24, 2.45) is 0 Å². The molecule has 23 heavy (non-hydrogen) atoms. The molecule has 0 bridgehead atoms. The zero-order valence-corrected chi connectivity index (χ0v) is 13.5. The molecule has 0 spiro atoms. The van der Waals surface area contributed by atoms with Crippen LogP contribution in [0.5, 0.6) is 0 Å². The molecule has 0 saturated carbocycles. The Bertz CT molecular complexity index is 749. The third-order valence-corrected chi connectivity index (χ3v) is 3.67. The fourth-order valence-corrected chi connectivity index (χ4v) is 2.05. The molecule has 0 saturated heterocycles. The van der Waals surface area contributed by atoms with Crippen LogP contribution in [0.25, 0.3) is 0 Å². The summed E-state index contributed by atoms with van der Waals surface area (Å²) in [6, 6.07) is 13.0. The number of ether oxygens (including phenoxy) is 1. The minimum absolute atomic E-state index is 0.174. The molecule has 2 aromatic rings. The lowest BCUT2D eigenvalue weighted by atomic mass is 10.1. The van der Waals surface area contributed by atoms with Gasteiger partial charge in [0.25, 0.3) is 0 Å². The lowest BCUT2D eigenvalue weighted by Gasteiger charge is -2.05. The molecule has 0 atom stereocenters. The maximum Gasteiger partial charge on any atom is 0.408 e. The maximum absolute atomic E-state index is 11.5. The largest absolute Gasteiger partial charge is 0.445 e. The van der Waals surface area contributed by atoms with E-state index in [1.165, 1.54) is 0 Å². The number of carbonyl (C=O) groups is 1. The number of hydrogen-bond acceptors (Lipinski definition) is 3. The molecule has 0 aliphatic carbocycles. The predicted molar refractivity (Wildman–Crippen MR) is 92.1 cm³/mol. The summed E-state index contributed by atoms with van der Waals surface area (Å²) >= 11 is 6.16. The van der Waals surface area contributed by atoms with Gasteiger partial charge in [0.1, 0.15) is 6.61 Å². The van der Waals surface area contributed by atoms with E-state index in [9.17, 15) is 4.79 Å². The fourth-order valence-electron chi connectivity index (χ4n) is 1.83. The van der Waals surface area contributed by atoms with Gasteiger partial charge in [-0.3, -0.25) is 0 Å². The Hall–Kier alpha value is -2.64. The SMILES string of the molecule is Cc1c(N)ccc(C#CCNC(=O)OCc2ccccc2)c1Cl. The molecule has 0 aliphatic heterocycles. The van der Waals surface area contributed by atoms with E-state index in [0.717, 1.165) is 11.1 Å². The summed E-state index contributed by atoms with van der Waals surface area (Å²) in [7, 11) is 0. The van der Waals surface area contributed by atoms with Gasteiger partial charge in [-0.1, -0.05) is 53.8 Å². The van der Waals surface area contributed by atoms with Gasteiger partial charge in [-0.15, -0.1) is 0 Å². The summed E-state index contributed by atoms with van der Waals surface area (Å²) in [4.78, 5) is 11.5. The predicted octanol–water partition coefficient (Wildman–Crippen LogP) is 3.51. The lowest BCUT2D eigenvalue weighted by molar-refractivity contribution is 0.141. The summed E-state index contributed by atoms with van der Waals surface area (Å²) < 4.78 is 5.08. The van der Waals surface area contributed by atoms with Crippen molar-refractivity contribution < 1.29 is 9.53 Å². The van der Waals surface area contributed by atoms with Crippen molar-refractivity contribution in [2.45, 2.75) is 13.5 Å². The minimum atomic E-state index is -0.511. The Labute approximate surface area is 140 Å². The first kappa shape index (κ1) is 16.7. The molecule has 0 heterocycles. The minimum Gasteiger partial charge on any atom is -0.445 e. The van der Waals surface area contributed by atoms with Gasteiger partial charge >= 0.3 is 6.09 Å². The second-order valence-electron chi connectivity index (χ2n) is 4.86. The normalized spacial score (nSPS) is 9.65. The van der Waals surface area contributed by atoms with Crippen molar-refractivity contribution in [2.75, 3.05) is 12.3 Å². The summed E-state index contributed by atoms with van der Waals surface area (Å²) in [6.07, 6.45) is -0.511. The monoisotopic (exact) mass is 328 g/mol. The number of halogens is 1. The number of carbonyl (C=O) groups excluding carboxylic acids is 1. The number of benzene rings is 2. The molecular formula is C18H17ClN2O2. The second kappa shape index (κ2) is 8.11. The van der Waals surface area contributed by atoms with Gasteiger partial charge in [0.05, 0.1) is 11.6 Å². The number of alkyl carbamates (subject to hydrolysis) is 1. The molecule has 0 aliphatic rings. The molecule has 0 aromatic heterocycles. The number of nitrogens with one attached hydrogen (secondary N) is 1. The number of nitrogens with two attached hydrogens (primary N) is 1. The van der Waals surface area contributed by atoms with Crippen LogP contribution in [0.2, 0.25) is 5.02 Å². The third kappa shape index (κ3) is 4.94. The van der Waals surface area contributed by atoms with E-state index in [0.29, 0.717) is 16.3 Å². The van der Waals surface area contributed by atoms with Gasteiger partial charge in [0.15, 0.2) is 0 Å². The summed E-state index contributed by atoms with van der Waals surface area (Å²) in [5.41, 5.74) is 8.79. The maximum atomic E-state index is 11.5. The second-order valence-corrected chi connectivity index (χ2v) is 5.24. The van der Waals surface area contributed by atoms with E-state index in [4.69, 9.17) is 22.1 Å². The van der Waals surface area contributed by atoms with Crippen LogP contribution in [0, 0.1) is 18.8 Å². The lowest BCUT2D eigenvalue weighted by Crippen LogP contribution is -2.24. The molecule has 118 valence electrons. The standard InChI is InChI=1S/C18H17ClN2O2/c1-13-16(20)10-9-15(17(13)19)8-5-11-21-18(22)23-12-14-6-3-2-4-7-14/h2-4,6-7,9-10H,11-12,20H2,1H3,(H,21,22). The first-order valence-corrected chi connectivity index (χ1v) is 7.43. The average Bonchev–Trinajstić information content (AvgIpc) is 2.57. The van der Waals surface area contributed by atoms with Gasteiger partial charge in [0.2, 0.25) is 0 Å². The summed E-state index contributed by atoms with van der Waals surface area (Å²) in [5.74, 6) is 5.73. The van der Waals surface area contributed by atoms with Crippen LogP contribution in [-0.4, -0.2) is 12.6 Å². The van der Waals surface area contributed by atoms with Gasteiger partial charge in [-0.05, 0) is 30.2 Å². The van der Waals surface area contributed by atoms with Gasteiger partial charge in [0, 0.05) is 11.3 Å². The molecule has 0 fully saturated rings. The first-order valence-electron chi connectivity index (χ1n) is 7.06. The van der Waals surface area contributed by atoms with Crippen molar-refractivity contribution in [1.82, 2.24) is 5.32 Å². The highest BCUT2D eigenvalue weighted by Crippen LogP contribution is 2.24. The van der Waals surface area contributed by atoms with Crippen LogP contribution in [-0.2, 0) is 11.3 Å². The van der Waals surface area contributed by atoms with Crippen molar-refractivity contribution in [3.8, 4) is 11.8 Å². The summed E-state index contributed by atoms with van der Waals surface area (Å²) in [6.45, 7) is 2.23. The topological polar surface area (TPSA) is 64.3 Å². The van der Waals surface area contributed by atoms with E-state index in [1.54, 1.807) is 12.1 Å². The number of rotatable bonds is 3. The third-order valence-electron chi connectivity index (χ3n) is 3.19. The van der Waals surface area contributed by atoms with Crippen molar-refractivity contribution in [3.63, 3.8) is 0 Å². The Morgan fingerprint density at radius 3 is 2.74 bits per heavy atom. The van der Waals surface area contributed by atoms with Crippen LogP contribution in [0.3, 0.4) is 0 Å². The first-order chi connectivity index (χ1) is 11.1. The zero-order valence-electron chi connectivity index (χ0n) is 12.7. The molecule has 4 nitrogen and oxygen atoms in total. The molecule has 0 unspecified atom stereocenters. The average molecular weight is 329 g/mol.